The lowest BCUT2D eigenvalue weighted by Gasteiger charge is -1.96. The van der Waals surface area contributed by atoms with Crippen LogP contribution in [0, 0.1) is 5.41 Å². The topological polar surface area (TPSA) is 28.8 Å². The van der Waals surface area contributed by atoms with Gasteiger partial charge < -0.3 is 4.57 Å². The van der Waals surface area contributed by atoms with Gasteiger partial charge in [-0.1, -0.05) is 6.07 Å². The van der Waals surface area contributed by atoms with Gasteiger partial charge >= 0.3 is 0 Å². The highest BCUT2D eigenvalue weighted by molar-refractivity contribution is 7.14. The molecule has 0 aliphatic heterocycles. The Morgan fingerprint density at radius 3 is 2.75 bits per heavy atom. The van der Waals surface area contributed by atoms with Crippen LogP contribution >= 0.6 is 22.7 Å². The van der Waals surface area contributed by atoms with E-state index in [1.54, 1.807) is 11.3 Å². The summed E-state index contributed by atoms with van der Waals surface area (Å²) in [7, 11) is 1.92. The molecule has 0 aliphatic carbocycles. The molecule has 2 rings (SSSR count). The fraction of sp³-hybridized carbons (Fsp3) is 0.125. The number of rotatable bonds is 1. The van der Waals surface area contributed by atoms with E-state index in [0.717, 1.165) is 5.69 Å². The standard InChI is InChI=1S/C8H8N2S2/c1-10-6(5-12-8(10)9)7-3-2-4-11-7/h2-5,9H,1H3. The third-order valence-corrected chi connectivity index (χ3v) is 3.45. The summed E-state index contributed by atoms with van der Waals surface area (Å²) in [6.07, 6.45) is 0. The summed E-state index contributed by atoms with van der Waals surface area (Å²) in [4.78, 5) is 1.82. The Balaban J connectivity index is 2.62. The van der Waals surface area contributed by atoms with Crippen molar-refractivity contribution >= 4 is 22.7 Å². The first-order valence-electron chi connectivity index (χ1n) is 3.52. The van der Waals surface area contributed by atoms with E-state index in [1.807, 2.05) is 23.1 Å². The molecule has 0 aromatic carbocycles. The maximum atomic E-state index is 7.53. The van der Waals surface area contributed by atoms with Crippen LogP contribution in [0.15, 0.2) is 22.9 Å². The number of hydrogen-bond donors (Lipinski definition) is 1. The molecular formula is C8H8N2S2. The zero-order valence-electron chi connectivity index (χ0n) is 6.57. The second kappa shape index (κ2) is 2.88. The monoisotopic (exact) mass is 196 g/mol. The fourth-order valence-electron chi connectivity index (χ4n) is 1.03. The van der Waals surface area contributed by atoms with Gasteiger partial charge in [-0.05, 0) is 11.4 Å². The Hall–Kier alpha value is -0.870. The van der Waals surface area contributed by atoms with Crippen molar-refractivity contribution < 1.29 is 0 Å². The minimum absolute atomic E-state index is 0.596. The molecule has 1 N–H and O–H groups in total. The van der Waals surface area contributed by atoms with Crippen LogP contribution in [0.3, 0.4) is 0 Å². The lowest BCUT2D eigenvalue weighted by Crippen LogP contribution is -2.08. The SMILES string of the molecule is Cn1c(-c2cccs2)csc1=N. The van der Waals surface area contributed by atoms with Gasteiger partial charge in [0, 0.05) is 12.4 Å². The van der Waals surface area contributed by atoms with Gasteiger partial charge in [0.1, 0.15) is 0 Å². The molecule has 0 saturated heterocycles. The van der Waals surface area contributed by atoms with Crippen LogP contribution in [-0.2, 0) is 7.05 Å². The highest BCUT2D eigenvalue weighted by atomic mass is 32.1. The Morgan fingerprint density at radius 2 is 2.25 bits per heavy atom. The first kappa shape index (κ1) is 7.76. The van der Waals surface area contributed by atoms with E-state index in [-0.39, 0.29) is 0 Å². The third-order valence-electron chi connectivity index (χ3n) is 1.72. The van der Waals surface area contributed by atoms with E-state index in [4.69, 9.17) is 5.41 Å². The minimum Gasteiger partial charge on any atom is -0.319 e. The number of hydrogen-bond acceptors (Lipinski definition) is 3. The molecule has 0 spiro atoms. The van der Waals surface area contributed by atoms with Crippen molar-refractivity contribution in [2.75, 3.05) is 0 Å². The first-order chi connectivity index (χ1) is 5.79. The highest BCUT2D eigenvalue weighted by Gasteiger charge is 2.03. The van der Waals surface area contributed by atoms with Crippen LogP contribution in [0.25, 0.3) is 10.6 Å². The molecule has 2 heterocycles. The lowest BCUT2D eigenvalue weighted by molar-refractivity contribution is 0.868. The molecule has 4 heteroatoms. The summed E-state index contributed by atoms with van der Waals surface area (Å²) in [5.74, 6) is 0. The van der Waals surface area contributed by atoms with Gasteiger partial charge in [-0.3, -0.25) is 5.41 Å². The van der Waals surface area contributed by atoms with Crippen molar-refractivity contribution in [3.63, 3.8) is 0 Å². The molecule has 0 saturated carbocycles. The average Bonchev–Trinajstić information content (AvgIpc) is 2.64. The molecule has 0 aliphatic rings. The maximum absolute atomic E-state index is 7.53. The number of nitrogens with zero attached hydrogens (tertiary/aromatic N) is 1. The Labute approximate surface area is 78.2 Å². The smallest absolute Gasteiger partial charge is 0.182 e. The van der Waals surface area contributed by atoms with Crippen LogP contribution in [0.4, 0.5) is 0 Å². The zero-order chi connectivity index (χ0) is 8.55. The molecule has 2 aromatic rings. The normalized spacial score (nSPS) is 10.4. The van der Waals surface area contributed by atoms with Crippen LogP contribution in [0.1, 0.15) is 0 Å². The molecule has 0 amide bonds. The summed E-state index contributed by atoms with van der Waals surface area (Å²) in [5, 5.41) is 11.6. The Bertz CT molecular complexity index is 422. The largest absolute Gasteiger partial charge is 0.319 e. The molecule has 12 heavy (non-hydrogen) atoms. The molecule has 0 unspecified atom stereocenters. The number of nitrogens with one attached hydrogen (secondary N) is 1. The van der Waals surface area contributed by atoms with E-state index in [0.29, 0.717) is 4.80 Å². The molecule has 2 aromatic heterocycles. The van der Waals surface area contributed by atoms with Gasteiger partial charge in [-0.15, -0.1) is 22.7 Å². The maximum Gasteiger partial charge on any atom is 0.182 e. The van der Waals surface area contributed by atoms with Crippen LogP contribution < -0.4 is 4.80 Å². The first-order valence-corrected chi connectivity index (χ1v) is 5.28. The van der Waals surface area contributed by atoms with Crippen molar-refractivity contribution in [2.24, 2.45) is 7.05 Å². The number of thiophene rings is 1. The Morgan fingerprint density at radius 1 is 1.42 bits per heavy atom. The van der Waals surface area contributed by atoms with E-state index in [1.165, 1.54) is 16.2 Å². The fourth-order valence-corrected chi connectivity index (χ4v) is 2.64. The predicted molar refractivity (Wildman–Crippen MR) is 52.5 cm³/mol. The van der Waals surface area contributed by atoms with E-state index < -0.39 is 0 Å². The molecule has 2 nitrogen and oxygen atoms in total. The quantitative estimate of drug-likeness (QED) is 0.725. The van der Waals surface area contributed by atoms with Crippen molar-refractivity contribution in [3.05, 3.63) is 27.7 Å². The number of thiazole rings is 1. The molecule has 0 fully saturated rings. The lowest BCUT2D eigenvalue weighted by atomic mass is 10.4. The van der Waals surface area contributed by atoms with Crippen LogP contribution in [0.5, 0.6) is 0 Å². The summed E-state index contributed by atoms with van der Waals surface area (Å²) in [5.41, 5.74) is 1.14. The predicted octanol–water partition coefficient (Wildman–Crippen LogP) is 2.29. The Kier molecular flexibility index (Phi) is 1.86. The third kappa shape index (κ3) is 1.13. The van der Waals surface area contributed by atoms with E-state index >= 15 is 0 Å². The van der Waals surface area contributed by atoms with Crippen molar-refractivity contribution in [1.29, 1.82) is 5.41 Å². The van der Waals surface area contributed by atoms with Gasteiger partial charge in [-0.25, -0.2) is 0 Å². The second-order valence-electron chi connectivity index (χ2n) is 2.46. The van der Waals surface area contributed by atoms with Gasteiger partial charge in [-0.2, -0.15) is 0 Å². The molecule has 62 valence electrons. The van der Waals surface area contributed by atoms with E-state index in [9.17, 15) is 0 Å². The highest BCUT2D eigenvalue weighted by Crippen LogP contribution is 2.23. The summed E-state index contributed by atoms with van der Waals surface area (Å²) in [6, 6.07) is 4.10. The number of aromatic nitrogens is 1. The van der Waals surface area contributed by atoms with Crippen molar-refractivity contribution in [1.82, 2.24) is 4.57 Å². The van der Waals surface area contributed by atoms with Crippen LogP contribution in [0.2, 0.25) is 0 Å². The molecular weight excluding hydrogens is 188 g/mol. The van der Waals surface area contributed by atoms with E-state index in [2.05, 4.69) is 11.4 Å². The van der Waals surface area contributed by atoms with Crippen molar-refractivity contribution in [3.8, 4) is 10.6 Å². The molecule has 0 atom stereocenters. The molecule has 0 bridgehead atoms. The van der Waals surface area contributed by atoms with Gasteiger partial charge in [0.15, 0.2) is 4.80 Å². The van der Waals surface area contributed by atoms with Crippen molar-refractivity contribution in [2.45, 2.75) is 0 Å². The second-order valence-corrected chi connectivity index (χ2v) is 4.27. The van der Waals surface area contributed by atoms with Gasteiger partial charge in [0.25, 0.3) is 0 Å². The molecule has 0 radical (unpaired) electrons. The minimum atomic E-state index is 0.596. The van der Waals surface area contributed by atoms with Gasteiger partial charge in [0.2, 0.25) is 0 Å². The summed E-state index contributed by atoms with van der Waals surface area (Å²) >= 11 is 3.17. The average molecular weight is 196 g/mol. The summed E-state index contributed by atoms with van der Waals surface area (Å²) < 4.78 is 1.90. The van der Waals surface area contributed by atoms with Crippen LogP contribution in [-0.4, -0.2) is 4.57 Å². The zero-order valence-corrected chi connectivity index (χ0v) is 8.21. The van der Waals surface area contributed by atoms with Gasteiger partial charge in [0.05, 0.1) is 10.6 Å². The summed E-state index contributed by atoms with van der Waals surface area (Å²) in [6.45, 7) is 0.